The standard InChI is InChI=1S/C21H28N2O/c1-2-17-8-9-20(22-15-17)16-23-12-10-19(11-13-23)21(24)14-18-6-4-3-5-7-18/h3-9,15,19,21,24H,2,10-14,16H2,1H3/t21-/m1/s1. The summed E-state index contributed by atoms with van der Waals surface area (Å²) in [6, 6.07) is 14.6. The van der Waals surface area contributed by atoms with E-state index in [9.17, 15) is 5.11 Å². The van der Waals surface area contributed by atoms with Gasteiger partial charge in [-0.05, 0) is 61.9 Å². The van der Waals surface area contributed by atoms with Gasteiger partial charge in [-0.25, -0.2) is 0 Å². The third kappa shape index (κ3) is 4.65. The van der Waals surface area contributed by atoms with E-state index in [0.29, 0.717) is 5.92 Å². The van der Waals surface area contributed by atoms with Gasteiger partial charge in [0.1, 0.15) is 0 Å². The maximum absolute atomic E-state index is 10.5. The molecule has 0 saturated carbocycles. The molecular formula is C21H28N2O. The highest BCUT2D eigenvalue weighted by Gasteiger charge is 2.25. The van der Waals surface area contributed by atoms with Gasteiger partial charge < -0.3 is 5.11 Å². The molecule has 3 heteroatoms. The van der Waals surface area contributed by atoms with Crippen molar-refractivity contribution in [3.8, 4) is 0 Å². The zero-order valence-electron chi connectivity index (χ0n) is 14.6. The summed E-state index contributed by atoms with van der Waals surface area (Å²) in [6.45, 7) is 5.18. The van der Waals surface area contributed by atoms with Crippen LogP contribution in [0.15, 0.2) is 48.7 Å². The molecule has 0 unspecified atom stereocenters. The fraction of sp³-hybridized carbons (Fsp3) is 0.476. The summed E-state index contributed by atoms with van der Waals surface area (Å²) in [5.41, 5.74) is 3.67. The predicted molar refractivity (Wildman–Crippen MR) is 97.8 cm³/mol. The van der Waals surface area contributed by atoms with E-state index < -0.39 is 0 Å². The van der Waals surface area contributed by atoms with Crippen LogP contribution in [0.4, 0.5) is 0 Å². The first kappa shape index (κ1) is 17.1. The Morgan fingerprint density at radius 1 is 1.08 bits per heavy atom. The monoisotopic (exact) mass is 324 g/mol. The number of benzene rings is 1. The van der Waals surface area contributed by atoms with Gasteiger partial charge in [0.15, 0.2) is 0 Å². The lowest BCUT2D eigenvalue weighted by atomic mass is 9.88. The molecule has 1 aromatic heterocycles. The molecule has 0 radical (unpaired) electrons. The Kier molecular flexibility index (Phi) is 6.00. The smallest absolute Gasteiger partial charge is 0.0609 e. The van der Waals surface area contributed by atoms with Crippen molar-refractivity contribution in [2.24, 2.45) is 5.92 Å². The van der Waals surface area contributed by atoms with Gasteiger partial charge in [-0.15, -0.1) is 0 Å². The SMILES string of the molecule is CCc1ccc(CN2CCC([C@H](O)Cc3ccccc3)CC2)nc1. The van der Waals surface area contributed by atoms with E-state index in [0.717, 1.165) is 51.0 Å². The first-order valence-corrected chi connectivity index (χ1v) is 9.12. The van der Waals surface area contributed by atoms with Crippen molar-refractivity contribution in [1.82, 2.24) is 9.88 Å². The molecule has 1 aromatic carbocycles. The van der Waals surface area contributed by atoms with Gasteiger partial charge in [-0.3, -0.25) is 9.88 Å². The lowest BCUT2D eigenvalue weighted by Crippen LogP contribution is -2.38. The minimum atomic E-state index is -0.225. The summed E-state index contributed by atoms with van der Waals surface area (Å²) in [5.74, 6) is 0.414. The number of aryl methyl sites for hydroxylation is 1. The Balaban J connectivity index is 1.46. The highest BCUT2D eigenvalue weighted by molar-refractivity contribution is 5.16. The van der Waals surface area contributed by atoms with Gasteiger partial charge >= 0.3 is 0 Å². The van der Waals surface area contributed by atoms with Crippen molar-refractivity contribution in [2.45, 2.75) is 45.3 Å². The Bertz CT molecular complexity index is 603. The molecule has 2 aromatic rings. The Morgan fingerprint density at radius 2 is 1.83 bits per heavy atom. The van der Waals surface area contributed by atoms with Crippen LogP contribution in [-0.2, 0) is 19.4 Å². The maximum Gasteiger partial charge on any atom is 0.0609 e. The number of aliphatic hydroxyl groups excluding tert-OH is 1. The summed E-state index contributed by atoms with van der Waals surface area (Å²) in [7, 11) is 0. The summed E-state index contributed by atoms with van der Waals surface area (Å²) in [4.78, 5) is 7.02. The molecule has 1 saturated heterocycles. The van der Waals surface area contributed by atoms with Crippen molar-refractivity contribution in [1.29, 1.82) is 0 Å². The van der Waals surface area contributed by atoms with Crippen LogP contribution in [0.5, 0.6) is 0 Å². The molecule has 1 fully saturated rings. The van der Waals surface area contributed by atoms with E-state index in [4.69, 9.17) is 0 Å². The third-order valence-corrected chi connectivity index (χ3v) is 5.14. The molecule has 0 amide bonds. The average molecular weight is 324 g/mol. The molecule has 3 rings (SSSR count). The fourth-order valence-electron chi connectivity index (χ4n) is 3.50. The molecule has 0 bridgehead atoms. The van der Waals surface area contributed by atoms with Gasteiger partial charge in [0.05, 0.1) is 11.8 Å². The lowest BCUT2D eigenvalue weighted by molar-refractivity contribution is 0.0573. The maximum atomic E-state index is 10.5. The minimum absolute atomic E-state index is 0.225. The van der Waals surface area contributed by atoms with Crippen molar-refractivity contribution in [2.75, 3.05) is 13.1 Å². The number of hydrogen-bond donors (Lipinski definition) is 1. The van der Waals surface area contributed by atoms with Crippen molar-refractivity contribution in [3.63, 3.8) is 0 Å². The normalized spacial score (nSPS) is 17.8. The summed E-state index contributed by atoms with van der Waals surface area (Å²) >= 11 is 0. The molecule has 3 nitrogen and oxygen atoms in total. The number of likely N-dealkylation sites (tertiary alicyclic amines) is 1. The summed E-state index contributed by atoms with van der Waals surface area (Å²) < 4.78 is 0. The highest BCUT2D eigenvalue weighted by Crippen LogP contribution is 2.24. The molecule has 1 atom stereocenters. The van der Waals surface area contributed by atoms with Crippen molar-refractivity contribution in [3.05, 3.63) is 65.5 Å². The molecule has 2 heterocycles. The quantitative estimate of drug-likeness (QED) is 0.884. The van der Waals surface area contributed by atoms with Gasteiger partial charge in [0.25, 0.3) is 0 Å². The Hall–Kier alpha value is -1.71. The van der Waals surface area contributed by atoms with Crippen molar-refractivity contribution >= 4 is 0 Å². The fourth-order valence-corrected chi connectivity index (χ4v) is 3.50. The van der Waals surface area contributed by atoms with Gasteiger partial charge in [-0.2, -0.15) is 0 Å². The van der Waals surface area contributed by atoms with Crippen molar-refractivity contribution < 1.29 is 5.11 Å². The first-order chi connectivity index (χ1) is 11.7. The first-order valence-electron chi connectivity index (χ1n) is 9.12. The molecule has 0 aliphatic carbocycles. The molecule has 0 spiro atoms. The zero-order valence-corrected chi connectivity index (χ0v) is 14.6. The molecule has 1 aliphatic heterocycles. The summed E-state index contributed by atoms with van der Waals surface area (Å²) in [5, 5.41) is 10.5. The average Bonchev–Trinajstić information content (AvgIpc) is 2.64. The minimum Gasteiger partial charge on any atom is -0.392 e. The highest BCUT2D eigenvalue weighted by atomic mass is 16.3. The summed E-state index contributed by atoms with van der Waals surface area (Å²) in [6.07, 6.45) is 5.72. The lowest BCUT2D eigenvalue weighted by Gasteiger charge is -2.34. The number of hydrogen-bond acceptors (Lipinski definition) is 3. The van der Waals surface area contributed by atoms with E-state index in [1.807, 2.05) is 24.4 Å². The predicted octanol–water partition coefficient (Wildman–Crippen LogP) is 3.46. The number of rotatable bonds is 6. The number of aliphatic hydroxyl groups is 1. The van der Waals surface area contributed by atoms with Gasteiger partial charge in [0.2, 0.25) is 0 Å². The van der Waals surface area contributed by atoms with Gasteiger partial charge in [0, 0.05) is 12.7 Å². The Morgan fingerprint density at radius 3 is 2.46 bits per heavy atom. The van der Waals surface area contributed by atoms with Crippen LogP contribution in [0.25, 0.3) is 0 Å². The second-order valence-corrected chi connectivity index (χ2v) is 6.88. The van der Waals surface area contributed by atoms with E-state index >= 15 is 0 Å². The second kappa shape index (κ2) is 8.41. The number of nitrogens with zero attached hydrogens (tertiary/aromatic N) is 2. The largest absolute Gasteiger partial charge is 0.392 e. The van der Waals surface area contributed by atoms with E-state index in [-0.39, 0.29) is 6.10 Å². The molecule has 1 N–H and O–H groups in total. The van der Waals surface area contributed by atoms with E-state index in [2.05, 4.69) is 41.1 Å². The van der Waals surface area contributed by atoms with Crippen LogP contribution >= 0.6 is 0 Å². The topological polar surface area (TPSA) is 36.4 Å². The second-order valence-electron chi connectivity index (χ2n) is 6.88. The molecular weight excluding hydrogens is 296 g/mol. The van der Waals surface area contributed by atoms with Crippen LogP contribution in [0.1, 0.15) is 36.6 Å². The van der Waals surface area contributed by atoms with Gasteiger partial charge in [-0.1, -0.05) is 43.3 Å². The number of piperidine rings is 1. The van der Waals surface area contributed by atoms with E-state index in [1.54, 1.807) is 0 Å². The number of aromatic nitrogens is 1. The van der Waals surface area contributed by atoms with E-state index in [1.165, 1.54) is 11.1 Å². The van der Waals surface area contributed by atoms with Crippen LogP contribution in [-0.4, -0.2) is 34.2 Å². The number of pyridine rings is 1. The third-order valence-electron chi connectivity index (χ3n) is 5.14. The molecule has 1 aliphatic rings. The molecule has 128 valence electrons. The zero-order chi connectivity index (χ0) is 16.8. The van der Waals surface area contributed by atoms with Crippen LogP contribution < -0.4 is 0 Å². The van der Waals surface area contributed by atoms with Crippen LogP contribution in [0.2, 0.25) is 0 Å². The molecule has 24 heavy (non-hydrogen) atoms. The Labute approximate surface area is 145 Å². The van der Waals surface area contributed by atoms with Crippen LogP contribution in [0, 0.1) is 5.92 Å². The van der Waals surface area contributed by atoms with Crippen LogP contribution in [0.3, 0.4) is 0 Å².